The van der Waals surface area contributed by atoms with Gasteiger partial charge in [0.05, 0.1) is 17.1 Å². The number of benzene rings is 2. The monoisotopic (exact) mass is 379 g/mol. The number of rotatable bonds is 6. The van der Waals surface area contributed by atoms with Gasteiger partial charge in [-0.15, -0.1) is 0 Å². The quantitative estimate of drug-likeness (QED) is 0.661. The van der Waals surface area contributed by atoms with Crippen molar-refractivity contribution >= 4 is 11.6 Å². The van der Waals surface area contributed by atoms with Gasteiger partial charge in [0, 0.05) is 6.42 Å². The second kappa shape index (κ2) is 8.61. The maximum Gasteiger partial charge on any atom is 0.322 e. The molecule has 0 unspecified atom stereocenters. The Bertz CT molecular complexity index is 982. The Morgan fingerprint density at radius 2 is 1.75 bits per heavy atom. The highest BCUT2D eigenvalue weighted by Gasteiger charge is 2.14. The molecule has 1 amide bonds. The number of hydrogen-bond donors (Lipinski definition) is 1. The molecule has 0 saturated heterocycles. The second-order valence-electron chi connectivity index (χ2n) is 6.62. The molecule has 3 aromatic rings. The third-order valence-corrected chi connectivity index (χ3v) is 4.28. The largest absolute Gasteiger partial charge is 0.421 e. The van der Waals surface area contributed by atoms with Crippen LogP contribution in [0.4, 0.5) is 10.1 Å². The van der Waals surface area contributed by atoms with Crippen LogP contribution in [0.25, 0.3) is 0 Å². The van der Waals surface area contributed by atoms with Crippen LogP contribution in [-0.4, -0.2) is 15.9 Å². The van der Waals surface area contributed by atoms with Gasteiger partial charge in [0.25, 0.3) is 0 Å². The SMILES string of the molecule is Cc1cccc(CCC(=O)Nc2c(C)nc(Oc3ccccc3F)nc2C)c1. The number of aryl methyl sites for hydroxylation is 4. The zero-order chi connectivity index (χ0) is 20.1. The highest BCUT2D eigenvalue weighted by Crippen LogP contribution is 2.25. The predicted octanol–water partition coefficient (Wildman–Crippen LogP) is 4.90. The average Bonchev–Trinajstić information content (AvgIpc) is 2.65. The molecular formula is C22H22FN3O2. The Kier molecular flexibility index (Phi) is 5.99. The minimum atomic E-state index is -0.491. The summed E-state index contributed by atoms with van der Waals surface area (Å²) in [6.07, 6.45) is 1.01. The van der Waals surface area contributed by atoms with Crippen LogP contribution in [0, 0.1) is 26.6 Å². The van der Waals surface area contributed by atoms with Crippen molar-refractivity contribution in [1.82, 2.24) is 9.97 Å². The fourth-order valence-corrected chi connectivity index (χ4v) is 2.87. The van der Waals surface area contributed by atoms with Crippen LogP contribution in [0.15, 0.2) is 48.5 Å². The van der Waals surface area contributed by atoms with Gasteiger partial charge in [-0.25, -0.2) is 4.39 Å². The van der Waals surface area contributed by atoms with E-state index < -0.39 is 5.82 Å². The molecule has 0 spiro atoms. The third-order valence-electron chi connectivity index (χ3n) is 4.28. The summed E-state index contributed by atoms with van der Waals surface area (Å²) < 4.78 is 19.2. The average molecular weight is 379 g/mol. The number of carbonyl (C=O) groups is 1. The molecular weight excluding hydrogens is 357 g/mol. The maximum atomic E-state index is 13.7. The molecule has 28 heavy (non-hydrogen) atoms. The normalized spacial score (nSPS) is 10.6. The number of amides is 1. The summed E-state index contributed by atoms with van der Waals surface area (Å²) in [6, 6.07) is 14.2. The van der Waals surface area contributed by atoms with Crippen LogP contribution in [0.1, 0.15) is 28.9 Å². The van der Waals surface area contributed by atoms with E-state index in [-0.39, 0.29) is 17.7 Å². The van der Waals surface area contributed by atoms with Crippen LogP contribution in [0.3, 0.4) is 0 Å². The van der Waals surface area contributed by atoms with Gasteiger partial charge in [0.15, 0.2) is 11.6 Å². The number of nitrogens with zero attached hydrogens (tertiary/aromatic N) is 2. The lowest BCUT2D eigenvalue weighted by atomic mass is 10.1. The van der Waals surface area contributed by atoms with Gasteiger partial charge in [-0.05, 0) is 44.9 Å². The topological polar surface area (TPSA) is 64.1 Å². The highest BCUT2D eigenvalue weighted by molar-refractivity contribution is 5.91. The number of ether oxygens (including phenoxy) is 1. The van der Waals surface area contributed by atoms with E-state index in [4.69, 9.17) is 4.74 Å². The molecule has 0 saturated carbocycles. The lowest BCUT2D eigenvalue weighted by molar-refractivity contribution is -0.116. The second-order valence-corrected chi connectivity index (χ2v) is 6.62. The van der Waals surface area contributed by atoms with E-state index in [1.165, 1.54) is 17.7 Å². The number of hydrogen-bond acceptors (Lipinski definition) is 4. The molecule has 5 nitrogen and oxygen atoms in total. The molecule has 0 atom stereocenters. The van der Waals surface area contributed by atoms with E-state index >= 15 is 0 Å². The molecule has 1 aromatic heterocycles. The standard InChI is InChI=1S/C22H22FN3O2/c1-14-7-6-8-17(13-14)11-12-20(27)26-21-15(2)24-22(25-16(21)3)28-19-10-5-4-9-18(19)23/h4-10,13H,11-12H2,1-3H3,(H,26,27). The maximum absolute atomic E-state index is 13.7. The highest BCUT2D eigenvalue weighted by atomic mass is 19.1. The molecule has 0 bridgehead atoms. The Morgan fingerprint density at radius 3 is 2.43 bits per heavy atom. The summed E-state index contributed by atoms with van der Waals surface area (Å²) in [5, 5.41) is 2.87. The van der Waals surface area contributed by atoms with Crippen molar-refractivity contribution in [2.75, 3.05) is 5.32 Å². The Hall–Kier alpha value is -3.28. The summed E-state index contributed by atoms with van der Waals surface area (Å²) >= 11 is 0. The van der Waals surface area contributed by atoms with Crippen LogP contribution < -0.4 is 10.1 Å². The summed E-state index contributed by atoms with van der Waals surface area (Å²) in [7, 11) is 0. The molecule has 0 fully saturated rings. The van der Waals surface area contributed by atoms with Gasteiger partial charge in [0.1, 0.15) is 0 Å². The Morgan fingerprint density at radius 1 is 1.04 bits per heavy atom. The molecule has 6 heteroatoms. The summed E-state index contributed by atoms with van der Waals surface area (Å²) in [6.45, 7) is 5.52. The molecule has 0 aliphatic rings. The van der Waals surface area contributed by atoms with Crippen LogP contribution in [-0.2, 0) is 11.2 Å². The molecule has 2 aromatic carbocycles. The number of anilines is 1. The van der Waals surface area contributed by atoms with E-state index in [9.17, 15) is 9.18 Å². The fraction of sp³-hybridized carbons (Fsp3) is 0.227. The number of carbonyl (C=O) groups excluding carboxylic acids is 1. The minimum Gasteiger partial charge on any atom is -0.421 e. The Balaban J connectivity index is 1.67. The zero-order valence-corrected chi connectivity index (χ0v) is 16.1. The smallest absolute Gasteiger partial charge is 0.322 e. The predicted molar refractivity (Wildman–Crippen MR) is 106 cm³/mol. The molecule has 1 N–H and O–H groups in total. The van der Waals surface area contributed by atoms with Crippen LogP contribution in [0.5, 0.6) is 11.8 Å². The molecule has 0 radical (unpaired) electrons. The van der Waals surface area contributed by atoms with Crippen LogP contribution >= 0.6 is 0 Å². The first-order valence-corrected chi connectivity index (χ1v) is 9.05. The van der Waals surface area contributed by atoms with Gasteiger partial charge in [0.2, 0.25) is 5.91 Å². The van der Waals surface area contributed by atoms with Crippen molar-refractivity contribution in [3.63, 3.8) is 0 Å². The lowest BCUT2D eigenvalue weighted by Crippen LogP contribution is -2.15. The van der Waals surface area contributed by atoms with Gasteiger partial charge in [-0.3, -0.25) is 4.79 Å². The number of para-hydroxylation sites is 1. The van der Waals surface area contributed by atoms with E-state index in [1.54, 1.807) is 26.0 Å². The first-order chi connectivity index (χ1) is 13.4. The van der Waals surface area contributed by atoms with Crippen molar-refractivity contribution in [2.45, 2.75) is 33.6 Å². The van der Waals surface area contributed by atoms with Crippen molar-refractivity contribution in [1.29, 1.82) is 0 Å². The van der Waals surface area contributed by atoms with Gasteiger partial charge < -0.3 is 10.1 Å². The number of nitrogens with one attached hydrogen (secondary N) is 1. The first kappa shape index (κ1) is 19.5. The third kappa shape index (κ3) is 4.91. The van der Waals surface area contributed by atoms with Gasteiger partial charge >= 0.3 is 6.01 Å². The number of aromatic nitrogens is 2. The van der Waals surface area contributed by atoms with Gasteiger partial charge in [-0.1, -0.05) is 42.0 Å². The zero-order valence-electron chi connectivity index (χ0n) is 16.1. The van der Waals surface area contributed by atoms with Gasteiger partial charge in [-0.2, -0.15) is 9.97 Å². The van der Waals surface area contributed by atoms with Crippen molar-refractivity contribution < 1.29 is 13.9 Å². The molecule has 1 heterocycles. The molecule has 0 aliphatic carbocycles. The summed E-state index contributed by atoms with van der Waals surface area (Å²) in [5.74, 6) is -0.551. The fourth-order valence-electron chi connectivity index (χ4n) is 2.87. The lowest BCUT2D eigenvalue weighted by Gasteiger charge is -2.13. The van der Waals surface area contributed by atoms with E-state index in [2.05, 4.69) is 21.4 Å². The van der Waals surface area contributed by atoms with Crippen molar-refractivity contribution in [3.8, 4) is 11.8 Å². The minimum absolute atomic E-state index is 0.0397. The Labute approximate surface area is 163 Å². The summed E-state index contributed by atoms with van der Waals surface area (Å²) in [4.78, 5) is 20.8. The van der Waals surface area contributed by atoms with Crippen LogP contribution in [0.2, 0.25) is 0 Å². The van der Waals surface area contributed by atoms with E-state index in [1.807, 2.05) is 25.1 Å². The summed E-state index contributed by atoms with van der Waals surface area (Å²) in [5.41, 5.74) is 3.96. The van der Waals surface area contributed by atoms with E-state index in [0.29, 0.717) is 29.9 Å². The molecule has 144 valence electrons. The number of halogens is 1. The van der Waals surface area contributed by atoms with Crippen molar-refractivity contribution in [3.05, 3.63) is 76.9 Å². The van der Waals surface area contributed by atoms with E-state index in [0.717, 1.165) is 5.56 Å². The van der Waals surface area contributed by atoms with Crippen molar-refractivity contribution in [2.24, 2.45) is 0 Å². The molecule has 3 rings (SSSR count). The first-order valence-electron chi connectivity index (χ1n) is 9.05. The molecule has 0 aliphatic heterocycles.